The Morgan fingerprint density at radius 1 is 1.10 bits per heavy atom. The van der Waals surface area contributed by atoms with E-state index in [0.717, 1.165) is 73.7 Å². The van der Waals surface area contributed by atoms with Gasteiger partial charge in [0.15, 0.2) is 0 Å². The van der Waals surface area contributed by atoms with Gasteiger partial charge in [-0.15, -0.1) is 0 Å². The first-order chi connectivity index (χ1) is 15.2. The Kier molecular flexibility index (Phi) is 5.74. The quantitative estimate of drug-likeness (QED) is 0.590. The monoisotopic (exact) mass is 420 g/mol. The van der Waals surface area contributed by atoms with E-state index in [1.165, 1.54) is 11.1 Å². The van der Waals surface area contributed by atoms with Crippen LogP contribution in [0.5, 0.6) is 0 Å². The lowest BCUT2D eigenvalue weighted by Gasteiger charge is -2.27. The molecular weight excluding hydrogens is 391 g/mol. The Labute approximate surface area is 182 Å². The van der Waals surface area contributed by atoms with Crippen LogP contribution in [0, 0.1) is 12.7 Å². The predicted molar refractivity (Wildman–Crippen MR) is 123 cm³/mol. The second-order valence-electron chi connectivity index (χ2n) is 8.60. The Morgan fingerprint density at radius 3 is 2.84 bits per heavy atom. The number of pyridine rings is 1. The van der Waals surface area contributed by atoms with Crippen molar-refractivity contribution in [3.05, 3.63) is 65.0 Å². The fraction of sp³-hybridized carbons (Fsp3) is 0.400. The van der Waals surface area contributed by atoms with Crippen LogP contribution < -0.4 is 15.5 Å². The molecule has 1 fully saturated rings. The summed E-state index contributed by atoms with van der Waals surface area (Å²) in [6.45, 7) is 7.02. The highest BCUT2D eigenvalue weighted by Crippen LogP contribution is 2.30. The average molecular weight is 421 g/mol. The molecule has 1 aromatic heterocycles. The van der Waals surface area contributed by atoms with E-state index < -0.39 is 0 Å². The molecule has 5 nitrogen and oxygen atoms in total. The third-order valence-corrected chi connectivity index (χ3v) is 6.19. The van der Waals surface area contributed by atoms with Crippen LogP contribution >= 0.6 is 0 Å². The van der Waals surface area contributed by atoms with Gasteiger partial charge in [-0.3, -0.25) is 0 Å². The average Bonchev–Trinajstić information content (AvgIpc) is 2.94. The molecule has 2 aliphatic heterocycles. The molecule has 0 spiro atoms. The lowest BCUT2D eigenvalue weighted by atomic mass is 10.0. The topological polar surface area (TPSA) is 49.4 Å². The van der Waals surface area contributed by atoms with Gasteiger partial charge in [-0.25, -0.2) is 9.37 Å². The van der Waals surface area contributed by atoms with E-state index in [9.17, 15) is 4.39 Å². The number of anilines is 2. The Balaban J connectivity index is 1.42. The molecule has 2 N–H and O–H groups in total. The van der Waals surface area contributed by atoms with Crippen LogP contribution in [0.2, 0.25) is 0 Å². The van der Waals surface area contributed by atoms with Crippen LogP contribution in [0.15, 0.2) is 42.5 Å². The minimum absolute atomic E-state index is 0.172. The smallest absolute Gasteiger partial charge is 0.131 e. The summed E-state index contributed by atoms with van der Waals surface area (Å²) in [6.07, 6.45) is 2.00. The minimum atomic E-state index is -0.172. The number of aryl methyl sites for hydroxylation is 2. The van der Waals surface area contributed by atoms with Crippen molar-refractivity contribution in [2.24, 2.45) is 0 Å². The zero-order valence-electron chi connectivity index (χ0n) is 18.0. The maximum atomic E-state index is 13.9. The van der Waals surface area contributed by atoms with Gasteiger partial charge < -0.3 is 20.3 Å². The molecule has 6 heteroatoms. The second-order valence-corrected chi connectivity index (χ2v) is 8.60. The van der Waals surface area contributed by atoms with Gasteiger partial charge in [0, 0.05) is 43.3 Å². The van der Waals surface area contributed by atoms with Crippen molar-refractivity contribution < 1.29 is 9.13 Å². The first-order valence-corrected chi connectivity index (χ1v) is 11.1. The van der Waals surface area contributed by atoms with E-state index in [1.54, 1.807) is 12.1 Å². The number of halogens is 1. The van der Waals surface area contributed by atoms with Gasteiger partial charge in [-0.05, 0) is 55.2 Å². The van der Waals surface area contributed by atoms with Crippen molar-refractivity contribution in [1.29, 1.82) is 0 Å². The molecule has 0 bridgehead atoms. The number of ether oxygens (including phenoxy) is 1. The molecule has 0 amide bonds. The maximum absolute atomic E-state index is 13.9. The van der Waals surface area contributed by atoms with Crippen LogP contribution in [-0.2, 0) is 17.7 Å². The molecule has 0 unspecified atom stereocenters. The highest BCUT2D eigenvalue weighted by atomic mass is 19.1. The van der Waals surface area contributed by atoms with Gasteiger partial charge >= 0.3 is 0 Å². The Bertz CT molecular complexity index is 1080. The summed E-state index contributed by atoms with van der Waals surface area (Å²) in [7, 11) is 0. The standard InChI is InChI=1S/C25H29FN4O/c1-17-4-7-23-22(11-17)24(28-9-8-27-21-15-31-16-21)13-25(29-23)30-10-2-3-18-5-6-20(26)12-19(18)14-30/h4-7,11-13,21,27H,2-3,8-10,14-16H2,1H3,(H,28,29). The van der Waals surface area contributed by atoms with Gasteiger partial charge in [0.25, 0.3) is 0 Å². The number of benzene rings is 2. The molecule has 0 aliphatic carbocycles. The molecular formula is C25H29FN4O. The zero-order valence-corrected chi connectivity index (χ0v) is 18.0. The summed E-state index contributed by atoms with van der Waals surface area (Å²) >= 11 is 0. The number of aromatic nitrogens is 1. The number of nitrogens with one attached hydrogen (secondary N) is 2. The molecule has 1 saturated heterocycles. The minimum Gasteiger partial charge on any atom is -0.383 e. The molecule has 162 valence electrons. The fourth-order valence-electron chi connectivity index (χ4n) is 4.39. The van der Waals surface area contributed by atoms with Gasteiger partial charge in [-0.1, -0.05) is 17.7 Å². The zero-order chi connectivity index (χ0) is 21.2. The second kappa shape index (κ2) is 8.81. The summed E-state index contributed by atoms with van der Waals surface area (Å²) < 4.78 is 19.1. The van der Waals surface area contributed by atoms with Crippen molar-refractivity contribution in [3.8, 4) is 0 Å². The number of hydrogen-bond acceptors (Lipinski definition) is 5. The van der Waals surface area contributed by atoms with Gasteiger partial charge in [0.1, 0.15) is 11.6 Å². The van der Waals surface area contributed by atoms with E-state index in [2.05, 4.69) is 46.7 Å². The Hall–Kier alpha value is -2.70. The van der Waals surface area contributed by atoms with Crippen LogP contribution in [0.25, 0.3) is 10.9 Å². The maximum Gasteiger partial charge on any atom is 0.131 e. The predicted octanol–water partition coefficient (Wildman–Crippen LogP) is 4.04. The molecule has 3 aromatic rings. The van der Waals surface area contributed by atoms with E-state index in [4.69, 9.17) is 9.72 Å². The molecule has 2 aliphatic rings. The van der Waals surface area contributed by atoms with E-state index in [1.807, 2.05) is 6.07 Å². The number of hydrogen-bond donors (Lipinski definition) is 2. The van der Waals surface area contributed by atoms with Gasteiger partial charge in [0.2, 0.25) is 0 Å². The van der Waals surface area contributed by atoms with E-state index in [0.29, 0.717) is 12.6 Å². The van der Waals surface area contributed by atoms with Crippen LogP contribution in [0.3, 0.4) is 0 Å². The van der Waals surface area contributed by atoms with E-state index >= 15 is 0 Å². The number of nitrogens with zero attached hydrogens (tertiary/aromatic N) is 2. The Morgan fingerprint density at radius 2 is 2.00 bits per heavy atom. The summed E-state index contributed by atoms with van der Waals surface area (Å²) in [5.74, 6) is 0.769. The molecule has 0 atom stereocenters. The largest absolute Gasteiger partial charge is 0.383 e. The summed E-state index contributed by atoms with van der Waals surface area (Å²) in [5.41, 5.74) is 5.59. The van der Waals surface area contributed by atoms with Crippen molar-refractivity contribution in [2.75, 3.05) is 43.1 Å². The molecule has 0 radical (unpaired) electrons. The fourth-order valence-corrected chi connectivity index (χ4v) is 4.39. The van der Waals surface area contributed by atoms with Crippen molar-refractivity contribution in [2.45, 2.75) is 32.4 Å². The number of rotatable bonds is 6. The summed E-state index contributed by atoms with van der Waals surface area (Å²) in [4.78, 5) is 7.25. The summed E-state index contributed by atoms with van der Waals surface area (Å²) in [6, 6.07) is 14.2. The van der Waals surface area contributed by atoms with Gasteiger partial charge in [0.05, 0.1) is 24.8 Å². The van der Waals surface area contributed by atoms with E-state index in [-0.39, 0.29) is 5.82 Å². The third-order valence-electron chi connectivity index (χ3n) is 6.19. The van der Waals surface area contributed by atoms with Crippen molar-refractivity contribution >= 4 is 22.4 Å². The molecule has 31 heavy (non-hydrogen) atoms. The van der Waals surface area contributed by atoms with Gasteiger partial charge in [-0.2, -0.15) is 0 Å². The molecule has 0 saturated carbocycles. The lowest BCUT2D eigenvalue weighted by molar-refractivity contribution is -0.00433. The van der Waals surface area contributed by atoms with Crippen molar-refractivity contribution in [3.63, 3.8) is 0 Å². The third kappa shape index (κ3) is 4.50. The normalized spacial score (nSPS) is 16.6. The number of fused-ring (bicyclic) bond motifs is 2. The lowest BCUT2D eigenvalue weighted by Crippen LogP contribution is -2.47. The highest BCUT2D eigenvalue weighted by Gasteiger charge is 2.19. The first-order valence-electron chi connectivity index (χ1n) is 11.1. The van der Waals surface area contributed by atoms with Crippen LogP contribution in [0.4, 0.5) is 15.9 Å². The summed E-state index contributed by atoms with van der Waals surface area (Å²) in [5, 5.41) is 8.25. The SMILES string of the molecule is Cc1ccc2nc(N3CCCc4ccc(F)cc4C3)cc(NCCNC3COC3)c2c1. The van der Waals surface area contributed by atoms with Crippen LogP contribution in [-0.4, -0.2) is 43.9 Å². The van der Waals surface area contributed by atoms with Crippen LogP contribution in [0.1, 0.15) is 23.1 Å². The molecule has 2 aromatic carbocycles. The first kappa shape index (κ1) is 20.2. The molecule has 5 rings (SSSR count). The van der Waals surface area contributed by atoms with Crippen molar-refractivity contribution in [1.82, 2.24) is 10.3 Å². The highest BCUT2D eigenvalue weighted by molar-refractivity contribution is 5.93. The molecule has 3 heterocycles.